The zero-order chi connectivity index (χ0) is 22.9. The molecule has 8 heteroatoms. The molecule has 0 aliphatic carbocycles. The number of carbonyl (C=O) groups excluding carboxylic acids is 1. The van der Waals surface area contributed by atoms with Crippen LogP contribution >= 0.6 is 11.3 Å². The van der Waals surface area contributed by atoms with Crippen LogP contribution in [0.1, 0.15) is 16.5 Å². The van der Waals surface area contributed by atoms with E-state index in [1.807, 2.05) is 34.1 Å². The van der Waals surface area contributed by atoms with Crippen LogP contribution < -0.4 is 9.47 Å². The van der Waals surface area contributed by atoms with E-state index in [9.17, 15) is 9.90 Å². The van der Waals surface area contributed by atoms with Gasteiger partial charge in [0.15, 0.2) is 11.5 Å². The third-order valence-corrected chi connectivity index (χ3v) is 6.45. The summed E-state index contributed by atoms with van der Waals surface area (Å²) in [6, 6.07) is 9.41. The predicted octanol–water partition coefficient (Wildman–Crippen LogP) is 2.76. The number of ether oxygens (including phenoxy) is 3. The smallest absolute Gasteiger partial charge is 0.237 e. The molecule has 0 bridgehead atoms. The molecule has 1 aromatic carbocycles. The average Bonchev–Trinajstić information content (AvgIpc) is 3.27. The Kier molecular flexibility index (Phi) is 9.11. The average molecular weight is 461 g/mol. The second kappa shape index (κ2) is 12.0. The number of hydrogen-bond acceptors (Lipinski definition) is 7. The molecular formula is C24H32N2O5S. The second-order valence-corrected chi connectivity index (χ2v) is 8.71. The summed E-state index contributed by atoms with van der Waals surface area (Å²) >= 11 is 1.72. The lowest BCUT2D eigenvalue weighted by atomic mass is 10.0. The lowest BCUT2D eigenvalue weighted by Crippen LogP contribution is -2.48. The first kappa shape index (κ1) is 24.3. The minimum atomic E-state index is -0.665. The van der Waals surface area contributed by atoms with Crippen molar-refractivity contribution in [3.05, 3.63) is 58.8 Å². The molecule has 0 spiro atoms. The van der Waals surface area contributed by atoms with Gasteiger partial charge >= 0.3 is 0 Å². The van der Waals surface area contributed by atoms with Gasteiger partial charge in [-0.15, -0.1) is 17.9 Å². The Morgan fingerprint density at radius 1 is 1.34 bits per heavy atom. The van der Waals surface area contributed by atoms with Crippen LogP contribution in [0.15, 0.2) is 48.4 Å². The van der Waals surface area contributed by atoms with Gasteiger partial charge in [-0.25, -0.2) is 0 Å². The van der Waals surface area contributed by atoms with Crippen LogP contribution in [0.5, 0.6) is 11.5 Å². The van der Waals surface area contributed by atoms with Gasteiger partial charge in [0.25, 0.3) is 0 Å². The van der Waals surface area contributed by atoms with E-state index in [4.69, 9.17) is 14.2 Å². The number of amides is 1. The number of nitrogens with zero attached hydrogens (tertiary/aromatic N) is 2. The topological polar surface area (TPSA) is 71.5 Å². The first-order valence-corrected chi connectivity index (χ1v) is 11.6. The predicted molar refractivity (Wildman–Crippen MR) is 125 cm³/mol. The zero-order valence-corrected chi connectivity index (χ0v) is 19.6. The molecule has 2 atom stereocenters. The van der Waals surface area contributed by atoms with Gasteiger partial charge in [-0.1, -0.05) is 18.2 Å². The Bertz CT molecular complexity index is 887. The van der Waals surface area contributed by atoms with E-state index in [0.717, 1.165) is 12.0 Å². The fraction of sp³-hybridized carbons (Fsp3) is 0.458. The lowest BCUT2D eigenvalue weighted by molar-refractivity contribution is -0.136. The summed E-state index contributed by atoms with van der Waals surface area (Å²) < 4.78 is 16.5. The molecule has 0 fully saturated rings. The highest BCUT2D eigenvalue weighted by Crippen LogP contribution is 2.35. The third kappa shape index (κ3) is 6.10. The fourth-order valence-corrected chi connectivity index (χ4v) is 4.92. The van der Waals surface area contributed by atoms with E-state index in [1.54, 1.807) is 31.6 Å². The van der Waals surface area contributed by atoms with E-state index in [-0.39, 0.29) is 25.1 Å². The number of para-hydroxylation sites is 2. The minimum Gasteiger partial charge on any atom is -0.493 e. The molecule has 0 saturated carbocycles. The highest BCUT2D eigenvalue weighted by atomic mass is 32.1. The van der Waals surface area contributed by atoms with Crippen molar-refractivity contribution in [3.63, 3.8) is 0 Å². The van der Waals surface area contributed by atoms with Crippen LogP contribution in [0.25, 0.3) is 0 Å². The highest BCUT2D eigenvalue weighted by molar-refractivity contribution is 7.10. The maximum Gasteiger partial charge on any atom is 0.237 e. The number of carbonyl (C=O) groups is 1. The monoisotopic (exact) mass is 460 g/mol. The number of thiophene rings is 1. The van der Waals surface area contributed by atoms with Crippen molar-refractivity contribution >= 4 is 17.2 Å². The molecule has 174 valence electrons. The molecule has 1 aromatic heterocycles. The largest absolute Gasteiger partial charge is 0.493 e. The van der Waals surface area contributed by atoms with Crippen molar-refractivity contribution in [2.45, 2.75) is 18.6 Å². The van der Waals surface area contributed by atoms with Crippen LogP contribution in [0.3, 0.4) is 0 Å². The molecule has 7 nitrogen and oxygen atoms in total. The zero-order valence-electron chi connectivity index (χ0n) is 18.7. The van der Waals surface area contributed by atoms with Gasteiger partial charge in [0.1, 0.15) is 6.61 Å². The number of methoxy groups -OCH3 is 2. The molecule has 32 heavy (non-hydrogen) atoms. The van der Waals surface area contributed by atoms with Gasteiger partial charge in [-0.3, -0.25) is 9.69 Å². The number of benzene rings is 1. The molecule has 1 aliphatic rings. The first-order chi connectivity index (χ1) is 15.6. The highest BCUT2D eigenvalue weighted by Gasteiger charge is 2.33. The van der Waals surface area contributed by atoms with E-state index < -0.39 is 6.10 Å². The van der Waals surface area contributed by atoms with Crippen molar-refractivity contribution in [2.75, 3.05) is 53.6 Å². The number of rotatable bonds is 12. The van der Waals surface area contributed by atoms with E-state index >= 15 is 0 Å². The number of aliphatic hydroxyl groups is 1. The van der Waals surface area contributed by atoms with Crippen LogP contribution in [0.2, 0.25) is 0 Å². The normalized spacial score (nSPS) is 16.5. The van der Waals surface area contributed by atoms with Gasteiger partial charge < -0.3 is 24.2 Å². The summed E-state index contributed by atoms with van der Waals surface area (Å²) in [6.07, 6.45) is 1.90. The van der Waals surface area contributed by atoms with Gasteiger partial charge in [0, 0.05) is 31.6 Å². The van der Waals surface area contributed by atoms with Crippen molar-refractivity contribution in [1.82, 2.24) is 9.80 Å². The summed E-state index contributed by atoms with van der Waals surface area (Å²) in [5, 5.41) is 12.2. The van der Waals surface area contributed by atoms with Gasteiger partial charge in [-0.05, 0) is 35.6 Å². The molecule has 0 saturated heterocycles. The van der Waals surface area contributed by atoms with Gasteiger partial charge in [0.05, 0.1) is 32.4 Å². The standard InChI is InChI=1S/C24H32N2O5S/c1-4-11-25(14-18(27)16-29-2)15-24(28)26-12-9-23-19(10-13-32-23)20(26)17-31-22-8-6-5-7-21(22)30-3/h4-8,10,13,18,20,27H,1,9,11-12,14-17H2,2-3H3/t18-,20+/m0/s1. The van der Waals surface area contributed by atoms with Crippen LogP contribution in [0, 0.1) is 0 Å². The lowest BCUT2D eigenvalue weighted by Gasteiger charge is -2.37. The van der Waals surface area contributed by atoms with Gasteiger partial charge in [-0.2, -0.15) is 0 Å². The summed E-state index contributed by atoms with van der Waals surface area (Å²) in [7, 11) is 3.16. The quantitative estimate of drug-likeness (QED) is 0.491. The molecule has 2 aromatic rings. The Hall–Kier alpha value is -2.39. The Morgan fingerprint density at radius 2 is 2.12 bits per heavy atom. The van der Waals surface area contributed by atoms with Crippen LogP contribution in [0.4, 0.5) is 0 Å². The summed E-state index contributed by atoms with van der Waals surface area (Å²) in [4.78, 5) is 18.4. The Morgan fingerprint density at radius 3 is 2.84 bits per heavy atom. The number of aliphatic hydroxyl groups excluding tert-OH is 1. The van der Waals surface area contributed by atoms with Gasteiger partial charge in [0.2, 0.25) is 5.91 Å². The first-order valence-electron chi connectivity index (χ1n) is 10.7. The molecule has 1 aliphatic heterocycles. The molecule has 0 unspecified atom stereocenters. The van der Waals surface area contributed by atoms with Crippen molar-refractivity contribution in [3.8, 4) is 11.5 Å². The molecule has 0 radical (unpaired) electrons. The fourth-order valence-electron chi connectivity index (χ4n) is 3.99. The molecule has 1 amide bonds. The summed E-state index contributed by atoms with van der Waals surface area (Å²) in [6.45, 7) is 6.01. The molecule has 2 heterocycles. The van der Waals surface area contributed by atoms with E-state index in [2.05, 4.69) is 18.0 Å². The Balaban J connectivity index is 1.74. The molecule has 1 N–H and O–H groups in total. The summed E-state index contributed by atoms with van der Waals surface area (Å²) in [5.74, 6) is 1.32. The maximum atomic E-state index is 13.4. The number of fused-ring (bicyclic) bond motifs is 1. The molecule has 3 rings (SSSR count). The molecular weight excluding hydrogens is 428 g/mol. The van der Waals surface area contributed by atoms with Crippen LogP contribution in [-0.2, 0) is 16.0 Å². The Labute approximate surface area is 193 Å². The SMILES string of the molecule is C=CCN(CC(=O)N1CCc2sccc2[C@H]1COc1ccccc1OC)C[C@H](O)COC. The van der Waals surface area contributed by atoms with E-state index in [0.29, 0.717) is 37.7 Å². The number of hydrogen-bond donors (Lipinski definition) is 1. The third-order valence-electron chi connectivity index (χ3n) is 5.46. The maximum absolute atomic E-state index is 13.4. The van der Waals surface area contributed by atoms with Crippen molar-refractivity contribution < 1.29 is 24.1 Å². The minimum absolute atomic E-state index is 0.00180. The van der Waals surface area contributed by atoms with E-state index in [1.165, 1.54) is 4.88 Å². The van der Waals surface area contributed by atoms with Crippen LogP contribution in [-0.4, -0.2) is 80.5 Å². The summed E-state index contributed by atoms with van der Waals surface area (Å²) in [5.41, 5.74) is 1.14. The van der Waals surface area contributed by atoms with Crippen molar-refractivity contribution in [1.29, 1.82) is 0 Å². The second-order valence-electron chi connectivity index (χ2n) is 7.71. The van der Waals surface area contributed by atoms with Crippen molar-refractivity contribution in [2.24, 2.45) is 0 Å².